The van der Waals surface area contributed by atoms with Crippen molar-refractivity contribution in [2.24, 2.45) is 0 Å². The van der Waals surface area contributed by atoms with Gasteiger partial charge < -0.3 is 13.9 Å². The number of nitrogens with zero attached hydrogens (tertiary/aromatic N) is 3. The topological polar surface area (TPSA) is 69.7 Å². The molecule has 0 bridgehead atoms. The Morgan fingerprint density at radius 3 is 2.38 bits per heavy atom. The summed E-state index contributed by atoms with van der Waals surface area (Å²) in [5, 5.41) is 4.74. The number of ether oxygens (including phenoxy) is 2. The van der Waals surface area contributed by atoms with E-state index in [0.29, 0.717) is 13.2 Å². The van der Waals surface area contributed by atoms with Crippen LogP contribution in [0.4, 0.5) is 0 Å². The number of hydrogen-bond acceptors (Lipinski definition) is 6. The van der Waals surface area contributed by atoms with Crippen molar-refractivity contribution in [2.75, 3.05) is 13.2 Å². The smallest absolute Gasteiger partial charge is 0.349 e. The number of benzene rings is 2. The van der Waals surface area contributed by atoms with Gasteiger partial charge in [-0.1, -0.05) is 30.3 Å². The molecule has 4 rings (SSSR count). The predicted molar refractivity (Wildman–Crippen MR) is 152 cm³/mol. The number of carbonyl (C=O) groups is 1. The van der Waals surface area contributed by atoms with Crippen molar-refractivity contribution in [3.8, 4) is 11.4 Å². The van der Waals surface area contributed by atoms with E-state index in [-0.39, 0.29) is 5.97 Å². The molecule has 7 nitrogen and oxygen atoms in total. The molecule has 0 N–H and O–H groups in total. The van der Waals surface area contributed by atoms with Gasteiger partial charge in [-0.25, -0.2) is 9.48 Å². The van der Waals surface area contributed by atoms with Crippen molar-refractivity contribution in [1.29, 1.82) is 0 Å². The van der Waals surface area contributed by atoms with Crippen molar-refractivity contribution in [3.63, 3.8) is 0 Å². The van der Waals surface area contributed by atoms with Crippen LogP contribution in [-0.4, -0.2) is 39.4 Å². The van der Waals surface area contributed by atoms with Gasteiger partial charge in [0.05, 0.1) is 30.8 Å². The molecule has 2 heterocycles. The molecule has 0 saturated carbocycles. The first-order valence-electron chi connectivity index (χ1n) is 13.5. The number of hydrogen-bond donors (Lipinski definition) is 0. The van der Waals surface area contributed by atoms with Crippen LogP contribution < -0.4 is 4.74 Å². The third-order valence-electron chi connectivity index (χ3n) is 6.73. The average molecular weight is 530 g/mol. The summed E-state index contributed by atoms with van der Waals surface area (Å²) in [6.07, 6.45) is 4.71. The Hall–Kier alpha value is -3.84. The molecular weight excluding hydrogens is 490 g/mol. The van der Waals surface area contributed by atoms with Crippen molar-refractivity contribution < 1.29 is 18.7 Å². The molecule has 0 aliphatic heterocycles. The van der Waals surface area contributed by atoms with Crippen molar-refractivity contribution in [2.45, 2.75) is 66.7 Å². The van der Waals surface area contributed by atoms with E-state index < -0.39 is 5.60 Å². The average Bonchev–Trinajstić information content (AvgIpc) is 3.55. The van der Waals surface area contributed by atoms with Crippen LogP contribution in [0.25, 0.3) is 5.69 Å². The highest BCUT2D eigenvalue weighted by molar-refractivity contribution is 5.79. The quantitative estimate of drug-likeness (QED) is 0.199. The first-order valence-corrected chi connectivity index (χ1v) is 13.5. The van der Waals surface area contributed by atoms with Gasteiger partial charge in [0.1, 0.15) is 11.5 Å². The molecule has 0 saturated heterocycles. The zero-order chi connectivity index (χ0) is 28.0. The van der Waals surface area contributed by atoms with E-state index in [1.165, 1.54) is 11.1 Å². The number of carbonyl (C=O) groups excluding carboxylic acids is 1. The van der Waals surface area contributed by atoms with E-state index in [4.69, 9.17) is 19.0 Å². The maximum atomic E-state index is 12.4. The van der Waals surface area contributed by atoms with Crippen LogP contribution in [0.15, 0.2) is 71.5 Å². The van der Waals surface area contributed by atoms with E-state index >= 15 is 0 Å². The molecular formula is C32H39N3O4. The van der Waals surface area contributed by atoms with Crippen LogP contribution in [0.3, 0.4) is 0 Å². The second-order valence-electron chi connectivity index (χ2n) is 10.5. The molecule has 0 unspecified atom stereocenters. The van der Waals surface area contributed by atoms with Crippen LogP contribution in [0.2, 0.25) is 0 Å². The lowest BCUT2D eigenvalue weighted by Crippen LogP contribution is -2.40. The Labute approximate surface area is 231 Å². The summed E-state index contributed by atoms with van der Waals surface area (Å²) in [7, 11) is 0. The molecule has 206 valence electrons. The van der Waals surface area contributed by atoms with Gasteiger partial charge in [-0.15, -0.1) is 0 Å². The van der Waals surface area contributed by atoms with E-state index in [0.717, 1.165) is 53.5 Å². The van der Waals surface area contributed by atoms with Gasteiger partial charge >= 0.3 is 5.97 Å². The fraction of sp³-hybridized carbons (Fsp3) is 0.375. The Morgan fingerprint density at radius 1 is 1.03 bits per heavy atom. The standard InChI is InChI=1S/C32H39N3O4/c1-7-37-31(36)32(5,6)39-30-23(2)18-26(19-24(30)3)20-34(22-29-14-11-17-38-29)16-15-27-21-35(33-25(27)4)28-12-9-8-10-13-28/h8-14,17-19,21H,7,15-16,20,22H2,1-6H3. The van der Waals surface area contributed by atoms with Crippen LogP contribution >= 0.6 is 0 Å². The summed E-state index contributed by atoms with van der Waals surface area (Å²) in [6.45, 7) is 14.0. The molecule has 0 radical (unpaired) electrons. The SMILES string of the molecule is CCOC(=O)C(C)(C)Oc1c(C)cc(CN(CCc2cn(-c3ccccc3)nc2C)Cc2ccco2)cc1C. The van der Waals surface area contributed by atoms with Gasteiger partial charge in [-0.2, -0.15) is 5.10 Å². The summed E-state index contributed by atoms with van der Waals surface area (Å²) < 4.78 is 19.0. The highest BCUT2D eigenvalue weighted by atomic mass is 16.6. The molecule has 0 spiro atoms. The zero-order valence-electron chi connectivity index (χ0n) is 23.9. The van der Waals surface area contributed by atoms with Crippen LogP contribution in [0.5, 0.6) is 5.75 Å². The normalized spacial score (nSPS) is 11.7. The van der Waals surface area contributed by atoms with Crippen LogP contribution in [0.1, 0.15) is 54.5 Å². The first-order chi connectivity index (χ1) is 18.7. The van der Waals surface area contributed by atoms with Crippen molar-refractivity contribution in [1.82, 2.24) is 14.7 Å². The third-order valence-corrected chi connectivity index (χ3v) is 6.73. The molecule has 0 atom stereocenters. The fourth-order valence-electron chi connectivity index (χ4n) is 4.72. The number of para-hydroxylation sites is 1. The molecule has 0 amide bonds. The number of aromatic nitrogens is 2. The fourth-order valence-corrected chi connectivity index (χ4v) is 4.72. The van der Waals surface area contributed by atoms with Crippen LogP contribution in [-0.2, 0) is 29.0 Å². The van der Waals surface area contributed by atoms with E-state index in [9.17, 15) is 4.79 Å². The van der Waals surface area contributed by atoms with Crippen molar-refractivity contribution >= 4 is 5.97 Å². The minimum absolute atomic E-state index is 0.320. The maximum absolute atomic E-state index is 12.4. The largest absolute Gasteiger partial charge is 0.476 e. The van der Waals surface area contributed by atoms with Gasteiger partial charge in [-0.3, -0.25) is 4.90 Å². The number of furan rings is 1. The lowest BCUT2D eigenvalue weighted by atomic mass is 10.0. The third kappa shape index (κ3) is 7.18. The summed E-state index contributed by atoms with van der Waals surface area (Å²) in [6, 6.07) is 18.4. The molecule has 4 aromatic rings. The van der Waals surface area contributed by atoms with Gasteiger partial charge in [0, 0.05) is 19.3 Å². The Bertz CT molecular complexity index is 1350. The number of rotatable bonds is 12. The highest BCUT2D eigenvalue weighted by Gasteiger charge is 2.32. The van der Waals surface area contributed by atoms with Gasteiger partial charge in [0.2, 0.25) is 0 Å². The van der Waals surface area contributed by atoms with Gasteiger partial charge in [0.25, 0.3) is 0 Å². The molecule has 39 heavy (non-hydrogen) atoms. The zero-order valence-corrected chi connectivity index (χ0v) is 23.9. The minimum atomic E-state index is -1.07. The molecule has 7 heteroatoms. The van der Waals surface area contributed by atoms with Gasteiger partial charge in [0.15, 0.2) is 5.60 Å². The number of esters is 1. The summed E-state index contributed by atoms with van der Waals surface area (Å²) in [5.74, 6) is 1.28. The number of aryl methyl sites for hydroxylation is 3. The summed E-state index contributed by atoms with van der Waals surface area (Å²) in [5.41, 5.74) is 5.39. The predicted octanol–water partition coefficient (Wildman–Crippen LogP) is 6.36. The molecule has 0 fully saturated rings. The van der Waals surface area contributed by atoms with Crippen molar-refractivity contribution in [3.05, 3.63) is 101 Å². The summed E-state index contributed by atoms with van der Waals surface area (Å²) >= 11 is 0. The van der Waals surface area contributed by atoms with Crippen LogP contribution in [0, 0.1) is 20.8 Å². The molecule has 2 aromatic carbocycles. The highest BCUT2D eigenvalue weighted by Crippen LogP contribution is 2.30. The summed E-state index contributed by atoms with van der Waals surface area (Å²) in [4.78, 5) is 14.8. The monoisotopic (exact) mass is 529 g/mol. The Morgan fingerprint density at radius 2 is 1.74 bits per heavy atom. The van der Waals surface area contributed by atoms with E-state index in [1.807, 2.05) is 48.9 Å². The maximum Gasteiger partial charge on any atom is 0.349 e. The minimum Gasteiger partial charge on any atom is -0.476 e. The second-order valence-corrected chi connectivity index (χ2v) is 10.5. The molecule has 0 aliphatic carbocycles. The molecule has 2 aromatic heterocycles. The lowest BCUT2D eigenvalue weighted by Gasteiger charge is -2.27. The molecule has 0 aliphatic rings. The van der Waals surface area contributed by atoms with Gasteiger partial charge in [-0.05, 0) is 94.5 Å². The Balaban J connectivity index is 1.50. The second kappa shape index (κ2) is 12.3. The van der Waals surface area contributed by atoms with E-state index in [1.54, 1.807) is 27.0 Å². The lowest BCUT2D eigenvalue weighted by molar-refractivity contribution is -0.158. The van der Waals surface area contributed by atoms with E-state index in [2.05, 4.69) is 42.3 Å². The Kier molecular flexibility index (Phi) is 8.92. The first kappa shape index (κ1) is 28.2.